The Morgan fingerprint density at radius 1 is 1.00 bits per heavy atom. The van der Waals surface area contributed by atoms with Crippen molar-refractivity contribution < 1.29 is 10.1 Å². The predicted octanol–water partition coefficient (Wildman–Crippen LogP) is 5.04. The number of thiophene rings is 1. The van der Waals surface area contributed by atoms with Crippen molar-refractivity contribution in [3.8, 4) is 16.3 Å². The summed E-state index contributed by atoms with van der Waals surface area (Å²) in [4.78, 5) is 6.22. The third-order valence-corrected chi connectivity index (χ3v) is 6.63. The molecule has 0 aliphatic carbocycles. The topological polar surface area (TPSA) is 38.7 Å². The van der Waals surface area contributed by atoms with Crippen molar-refractivity contribution in [1.82, 2.24) is 4.98 Å². The number of quaternary nitrogens is 1. The van der Waals surface area contributed by atoms with Crippen LogP contribution in [0.3, 0.4) is 0 Å². The number of ether oxygens (including phenoxy) is 1. The first-order chi connectivity index (χ1) is 13.7. The summed E-state index contributed by atoms with van der Waals surface area (Å²) in [6, 6.07) is 21.6. The van der Waals surface area contributed by atoms with Crippen LogP contribution in [0.4, 0.5) is 0 Å². The molecule has 0 aliphatic rings. The van der Waals surface area contributed by atoms with Crippen LogP contribution in [-0.2, 0) is 6.54 Å². The lowest BCUT2D eigenvalue weighted by Crippen LogP contribution is -2.83. The van der Waals surface area contributed by atoms with E-state index in [0.29, 0.717) is 6.04 Å². The van der Waals surface area contributed by atoms with Crippen LogP contribution in [-0.4, -0.2) is 12.1 Å². The van der Waals surface area contributed by atoms with Crippen LogP contribution >= 0.6 is 22.7 Å². The zero-order chi connectivity index (χ0) is 19.3. The zero-order valence-electron chi connectivity index (χ0n) is 16.0. The van der Waals surface area contributed by atoms with E-state index in [1.54, 1.807) is 18.4 Å². The summed E-state index contributed by atoms with van der Waals surface area (Å²) in [6.07, 6.45) is 0. The standard InChI is InChI=1S/C23H22N2OS2/c1-16-5-7-17(8-6-16)22(21-4-3-13-27-21)24-14-19-15-28-23(25-19)18-9-11-20(26-2)12-10-18/h3-13,15,22,24H,14H2,1-2H3/p+1/t22-/m0/s1. The molecule has 3 nitrogen and oxygen atoms in total. The second-order valence-electron chi connectivity index (χ2n) is 6.72. The molecule has 4 aromatic rings. The van der Waals surface area contributed by atoms with Crippen LogP contribution in [0.1, 0.15) is 27.7 Å². The highest BCUT2D eigenvalue weighted by Gasteiger charge is 2.19. The van der Waals surface area contributed by atoms with Gasteiger partial charge in [-0.05, 0) is 42.6 Å². The van der Waals surface area contributed by atoms with Crippen molar-refractivity contribution in [3.05, 3.63) is 93.1 Å². The number of nitrogens with zero attached hydrogens (tertiary/aromatic N) is 1. The highest BCUT2D eigenvalue weighted by Crippen LogP contribution is 2.26. The summed E-state index contributed by atoms with van der Waals surface area (Å²) in [5.41, 5.74) is 4.87. The number of hydrogen-bond donors (Lipinski definition) is 1. The number of thiazole rings is 1. The molecule has 0 radical (unpaired) electrons. The van der Waals surface area contributed by atoms with Gasteiger partial charge in [0.25, 0.3) is 0 Å². The van der Waals surface area contributed by atoms with Gasteiger partial charge in [0, 0.05) is 16.5 Å². The van der Waals surface area contributed by atoms with Crippen LogP contribution in [0, 0.1) is 6.92 Å². The van der Waals surface area contributed by atoms with Gasteiger partial charge < -0.3 is 10.1 Å². The highest BCUT2D eigenvalue weighted by atomic mass is 32.1. The monoisotopic (exact) mass is 407 g/mol. The lowest BCUT2D eigenvalue weighted by atomic mass is 10.0. The van der Waals surface area contributed by atoms with Crippen LogP contribution in [0.25, 0.3) is 10.6 Å². The molecule has 28 heavy (non-hydrogen) atoms. The van der Waals surface area contributed by atoms with Gasteiger partial charge in [-0.2, -0.15) is 0 Å². The first kappa shape index (κ1) is 18.9. The summed E-state index contributed by atoms with van der Waals surface area (Å²) in [5.74, 6) is 0.866. The van der Waals surface area contributed by atoms with E-state index in [0.717, 1.165) is 28.6 Å². The fraction of sp³-hybridized carbons (Fsp3) is 0.174. The van der Waals surface area contributed by atoms with Crippen LogP contribution in [0.2, 0.25) is 0 Å². The quantitative estimate of drug-likeness (QED) is 0.466. The van der Waals surface area contributed by atoms with Crippen molar-refractivity contribution in [1.29, 1.82) is 0 Å². The highest BCUT2D eigenvalue weighted by molar-refractivity contribution is 7.13. The van der Waals surface area contributed by atoms with Crippen molar-refractivity contribution >= 4 is 22.7 Å². The van der Waals surface area contributed by atoms with E-state index in [1.165, 1.54) is 16.0 Å². The Bertz CT molecular complexity index is 1010. The van der Waals surface area contributed by atoms with E-state index >= 15 is 0 Å². The lowest BCUT2D eigenvalue weighted by molar-refractivity contribution is -0.702. The molecule has 0 bridgehead atoms. The summed E-state index contributed by atoms with van der Waals surface area (Å²) < 4.78 is 5.24. The van der Waals surface area contributed by atoms with Gasteiger partial charge in [-0.15, -0.1) is 22.7 Å². The molecule has 1 atom stereocenters. The molecule has 0 saturated carbocycles. The second-order valence-corrected chi connectivity index (χ2v) is 8.55. The maximum atomic E-state index is 5.24. The van der Waals surface area contributed by atoms with Gasteiger partial charge in [-0.1, -0.05) is 35.9 Å². The second kappa shape index (κ2) is 8.69. The number of aryl methyl sites for hydroxylation is 1. The third-order valence-electron chi connectivity index (χ3n) is 4.74. The molecule has 0 saturated heterocycles. The summed E-state index contributed by atoms with van der Waals surface area (Å²) in [5, 5.41) is 7.74. The van der Waals surface area contributed by atoms with Crippen molar-refractivity contribution in [2.45, 2.75) is 19.5 Å². The lowest BCUT2D eigenvalue weighted by Gasteiger charge is -2.14. The fourth-order valence-corrected chi connectivity index (χ4v) is 4.85. The number of nitrogens with two attached hydrogens (primary N) is 1. The van der Waals surface area contributed by atoms with E-state index in [4.69, 9.17) is 9.72 Å². The van der Waals surface area contributed by atoms with E-state index in [-0.39, 0.29) is 0 Å². The molecule has 0 fully saturated rings. The number of hydrogen-bond acceptors (Lipinski definition) is 4. The molecule has 0 spiro atoms. The Hall–Kier alpha value is -2.47. The van der Waals surface area contributed by atoms with Gasteiger partial charge in [0.1, 0.15) is 29.0 Å². The molecular weight excluding hydrogens is 384 g/mol. The minimum Gasteiger partial charge on any atom is -0.497 e. The Morgan fingerprint density at radius 2 is 1.79 bits per heavy atom. The van der Waals surface area contributed by atoms with E-state index < -0.39 is 0 Å². The zero-order valence-corrected chi connectivity index (χ0v) is 17.6. The molecule has 5 heteroatoms. The summed E-state index contributed by atoms with van der Waals surface area (Å²) in [6.45, 7) is 2.98. The molecule has 142 valence electrons. The molecule has 2 aromatic carbocycles. The largest absolute Gasteiger partial charge is 0.497 e. The number of methoxy groups -OCH3 is 1. The number of benzene rings is 2. The van der Waals surface area contributed by atoms with Crippen molar-refractivity contribution in [2.24, 2.45) is 0 Å². The number of aromatic nitrogens is 1. The van der Waals surface area contributed by atoms with Gasteiger partial charge in [0.05, 0.1) is 12.0 Å². The first-order valence-corrected chi connectivity index (χ1v) is 11.0. The molecule has 0 unspecified atom stereocenters. The fourth-order valence-electron chi connectivity index (χ4n) is 3.16. The molecule has 2 N–H and O–H groups in total. The van der Waals surface area contributed by atoms with E-state index in [9.17, 15) is 0 Å². The van der Waals surface area contributed by atoms with Gasteiger partial charge in [-0.25, -0.2) is 4.98 Å². The van der Waals surface area contributed by atoms with Gasteiger partial charge in [0.2, 0.25) is 0 Å². The molecule has 4 rings (SSSR count). The summed E-state index contributed by atoms with van der Waals surface area (Å²) in [7, 11) is 1.68. The minimum absolute atomic E-state index is 0.298. The Morgan fingerprint density at radius 3 is 2.46 bits per heavy atom. The maximum Gasteiger partial charge on any atom is 0.147 e. The molecular formula is C23H23N2OS2+. The predicted molar refractivity (Wildman–Crippen MR) is 117 cm³/mol. The minimum atomic E-state index is 0.298. The molecule has 2 aromatic heterocycles. The Kier molecular flexibility index (Phi) is 5.86. The van der Waals surface area contributed by atoms with Gasteiger partial charge in [-0.3, -0.25) is 0 Å². The molecule has 0 amide bonds. The smallest absolute Gasteiger partial charge is 0.147 e. The molecule has 0 aliphatic heterocycles. The molecule has 2 heterocycles. The van der Waals surface area contributed by atoms with Crippen LogP contribution in [0.5, 0.6) is 5.75 Å². The normalized spacial score (nSPS) is 12.1. The Labute approximate surface area is 173 Å². The average Bonchev–Trinajstić information content (AvgIpc) is 3.42. The van der Waals surface area contributed by atoms with Crippen LogP contribution in [0.15, 0.2) is 71.4 Å². The summed E-state index contributed by atoms with van der Waals surface area (Å²) >= 11 is 3.50. The van der Waals surface area contributed by atoms with Crippen LogP contribution < -0.4 is 10.1 Å². The van der Waals surface area contributed by atoms with Gasteiger partial charge >= 0.3 is 0 Å². The number of rotatable bonds is 7. The van der Waals surface area contributed by atoms with E-state index in [1.807, 2.05) is 23.5 Å². The first-order valence-electron chi connectivity index (χ1n) is 9.25. The SMILES string of the molecule is COc1ccc(-c2nc(C[NH2+][C@@H](c3ccc(C)cc3)c3cccs3)cs2)cc1. The Balaban J connectivity index is 1.50. The van der Waals surface area contributed by atoms with Crippen molar-refractivity contribution in [3.63, 3.8) is 0 Å². The van der Waals surface area contributed by atoms with E-state index in [2.05, 4.69) is 71.5 Å². The average molecular weight is 408 g/mol. The van der Waals surface area contributed by atoms with Gasteiger partial charge in [0.15, 0.2) is 0 Å². The van der Waals surface area contributed by atoms with Crippen molar-refractivity contribution in [2.75, 3.05) is 7.11 Å². The third kappa shape index (κ3) is 4.33. The maximum absolute atomic E-state index is 5.24.